The largest absolute Gasteiger partial charge is 0.465 e. The summed E-state index contributed by atoms with van der Waals surface area (Å²) in [4.78, 5) is 16.0. The van der Waals surface area contributed by atoms with E-state index in [9.17, 15) is 10.1 Å². The van der Waals surface area contributed by atoms with E-state index in [1.807, 2.05) is 32.0 Å². The summed E-state index contributed by atoms with van der Waals surface area (Å²) >= 11 is 1.24. The minimum absolute atomic E-state index is 0.159. The van der Waals surface area contributed by atoms with Crippen molar-refractivity contribution in [3.8, 4) is 6.07 Å². The standard InChI is InChI=1S/C16H16N2O2S/c1-4-20-14(19)9-21-16-13(8-17)7-12-6-5-10(2)11(3)15(12)18-16/h5-7H,4,9H2,1-3H3. The van der Waals surface area contributed by atoms with Gasteiger partial charge in [0.2, 0.25) is 0 Å². The predicted molar refractivity (Wildman–Crippen MR) is 83.3 cm³/mol. The third kappa shape index (κ3) is 3.34. The fraction of sp³-hybridized carbons (Fsp3) is 0.312. The number of thioether (sulfide) groups is 1. The first kappa shape index (κ1) is 15.3. The number of fused-ring (bicyclic) bond motifs is 1. The molecular formula is C16H16N2O2S. The van der Waals surface area contributed by atoms with E-state index < -0.39 is 0 Å². The molecule has 1 aromatic heterocycles. The lowest BCUT2D eigenvalue weighted by molar-refractivity contribution is -0.139. The summed E-state index contributed by atoms with van der Waals surface area (Å²) in [7, 11) is 0. The van der Waals surface area contributed by atoms with Gasteiger partial charge in [-0.1, -0.05) is 23.9 Å². The number of aromatic nitrogens is 1. The van der Waals surface area contributed by atoms with Gasteiger partial charge in [-0.25, -0.2) is 4.98 Å². The summed E-state index contributed by atoms with van der Waals surface area (Å²) in [6, 6.07) is 7.95. The number of hydrogen-bond acceptors (Lipinski definition) is 5. The average molecular weight is 300 g/mol. The van der Waals surface area contributed by atoms with E-state index in [4.69, 9.17) is 4.74 Å². The SMILES string of the molecule is CCOC(=O)CSc1nc2c(C)c(C)ccc2cc1C#N. The van der Waals surface area contributed by atoms with Gasteiger partial charge in [0.15, 0.2) is 0 Å². The van der Waals surface area contributed by atoms with Crippen LogP contribution in [-0.4, -0.2) is 23.3 Å². The molecule has 0 saturated carbocycles. The highest BCUT2D eigenvalue weighted by Crippen LogP contribution is 2.27. The molecule has 2 rings (SSSR count). The van der Waals surface area contributed by atoms with Gasteiger partial charge in [0.05, 0.1) is 23.4 Å². The van der Waals surface area contributed by atoms with Crippen LogP contribution in [0.25, 0.3) is 10.9 Å². The molecule has 1 heterocycles. The summed E-state index contributed by atoms with van der Waals surface area (Å²) in [5.74, 6) is -0.138. The number of nitriles is 1. The maximum absolute atomic E-state index is 11.4. The zero-order chi connectivity index (χ0) is 15.4. The van der Waals surface area contributed by atoms with E-state index in [2.05, 4.69) is 11.1 Å². The minimum atomic E-state index is -0.297. The maximum atomic E-state index is 11.4. The van der Waals surface area contributed by atoms with Gasteiger partial charge in [0.25, 0.3) is 0 Å². The Balaban J connectivity index is 2.40. The number of aryl methyl sites for hydroxylation is 2. The minimum Gasteiger partial charge on any atom is -0.465 e. The van der Waals surface area contributed by atoms with Gasteiger partial charge in [-0.3, -0.25) is 4.79 Å². The zero-order valence-corrected chi connectivity index (χ0v) is 13.1. The van der Waals surface area contributed by atoms with E-state index in [-0.39, 0.29) is 11.7 Å². The number of carbonyl (C=O) groups excluding carboxylic acids is 1. The molecule has 0 saturated heterocycles. The number of benzene rings is 1. The van der Waals surface area contributed by atoms with Gasteiger partial charge in [-0.2, -0.15) is 5.26 Å². The molecule has 0 spiro atoms. The van der Waals surface area contributed by atoms with Gasteiger partial charge >= 0.3 is 5.97 Å². The highest BCUT2D eigenvalue weighted by atomic mass is 32.2. The molecule has 0 aliphatic rings. The van der Waals surface area contributed by atoms with Crippen molar-refractivity contribution in [2.24, 2.45) is 0 Å². The Labute approximate surface area is 128 Å². The number of pyridine rings is 1. The first-order valence-electron chi connectivity index (χ1n) is 6.66. The summed E-state index contributed by atoms with van der Waals surface area (Å²) in [6.07, 6.45) is 0. The summed E-state index contributed by atoms with van der Waals surface area (Å²) in [6.45, 7) is 6.16. The second-order valence-electron chi connectivity index (χ2n) is 4.63. The third-order valence-electron chi connectivity index (χ3n) is 3.23. The molecule has 4 nitrogen and oxygen atoms in total. The summed E-state index contributed by atoms with van der Waals surface area (Å²) in [5.41, 5.74) is 3.61. The van der Waals surface area contributed by atoms with Crippen LogP contribution in [0.1, 0.15) is 23.6 Å². The molecule has 2 aromatic rings. The molecule has 0 bridgehead atoms. The second kappa shape index (κ2) is 6.59. The van der Waals surface area contributed by atoms with Crippen molar-refractivity contribution in [1.82, 2.24) is 4.98 Å². The van der Waals surface area contributed by atoms with E-state index in [0.29, 0.717) is 17.2 Å². The molecule has 0 radical (unpaired) electrons. The number of nitrogens with zero attached hydrogens (tertiary/aromatic N) is 2. The number of carbonyl (C=O) groups is 1. The van der Waals surface area contributed by atoms with Crippen molar-refractivity contribution in [3.05, 3.63) is 34.9 Å². The Bertz CT molecular complexity index is 735. The Morgan fingerprint density at radius 3 is 2.86 bits per heavy atom. The predicted octanol–water partition coefficient (Wildman–Crippen LogP) is 3.38. The highest BCUT2D eigenvalue weighted by Gasteiger charge is 2.12. The van der Waals surface area contributed by atoms with Crippen LogP contribution in [0.4, 0.5) is 0 Å². The monoisotopic (exact) mass is 300 g/mol. The van der Waals surface area contributed by atoms with Crippen LogP contribution in [0.3, 0.4) is 0 Å². The number of ether oxygens (including phenoxy) is 1. The van der Waals surface area contributed by atoms with Crippen LogP contribution in [0.2, 0.25) is 0 Å². The lowest BCUT2D eigenvalue weighted by atomic mass is 10.0. The second-order valence-corrected chi connectivity index (χ2v) is 5.59. The molecule has 1 aromatic carbocycles. The van der Waals surface area contributed by atoms with Gasteiger partial charge in [-0.05, 0) is 38.0 Å². The van der Waals surface area contributed by atoms with Crippen molar-refractivity contribution in [3.63, 3.8) is 0 Å². The topological polar surface area (TPSA) is 63.0 Å². The number of rotatable bonds is 4. The molecule has 0 unspecified atom stereocenters. The average Bonchev–Trinajstić information content (AvgIpc) is 2.48. The molecule has 21 heavy (non-hydrogen) atoms. The van der Waals surface area contributed by atoms with Crippen LogP contribution < -0.4 is 0 Å². The van der Waals surface area contributed by atoms with Crippen molar-refractivity contribution in [2.45, 2.75) is 25.8 Å². The fourth-order valence-electron chi connectivity index (χ4n) is 1.99. The van der Waals surface area contributed by atoms with Crippen molar-refractivity contribution in [2.75, 3.05) is 12.4 Å². The Hall–Kier alpha value is -2.06. The van der Waals surface area contributed by atoms with Crippen LogP contribution in [-0.2, 0) is 9.53 Å². The molecule has 0 fully saturated rings. The summed E-state index contributed by atoms with van der Waals surface area (Å²) in [5, 5.41) is 10.8. The maximum Gasteiger partial charge on any atom is 0.316 e. The molecule has 108 valence electrons. The zero-order valence-electron chi connectivity index (χ0n) is 12.3. The van der Waals surface area contributed by atoms with Crippen molar-refractivity contribution < 1.29 is 9.53 Å². The Morgan fingerprint density at radius 1 is 1.43 bits per heavy atom. The number of esters is 1. The lowest BCUT2D eigenvalue weighted by Gasteiger charge is -2.09. The number of hydrogen-bond donors (Lipinski definition) is 0. The van der Waals surface area contributed by atoms with Crippen molar-refractivity contribution >= 4 is 28.6 Å². The molecule has 0 aliphatic carbocycles. The molecule has 0 N–H and O–H groups in total. The molecule has 0 aliphatic heterocycles. The molecule has 5 heteroatoms. The highest BCUT2D eigenvalue weighted by molar-refractivity contribution is 7.99. The van der Waals surface area contributed by atoms with E-state index in [0.717, 1.165) is 22.0 Å². The van der Waals surface area contributed by atoms with Crippen LogP contribution in [0, 0.1) is 25.2 Å². The van der Waals surface area contributed by atoms with Gasteiger partial charge in [0, 0.05) is 5.39 Å². The van der Waals surface area contributed by atoms with Gasteiger partial charge in [0.1, 0.15) is 11.1 Å². The first-order chi connectivity index (χ1) is 10.1. The summed E-state index contributed by atoms with van der Waals surface area (Å²) < 4.78 is 4.90. The lowest BCUT2D eigenvalue weighted by Crippen LogP contribution is -2.07. The van der Waals surface area contributed by atoms with Crippen molar-refractivity contribution in [1.29, 1.82) is 5.26 Å². The van der Waals surface area contributed by atoms with E-state index in [1.54, 1.807) is 6.92 Å². The van der Waals surface area contributed by atoms with E-state index in [1.165, 1.54) is 11.8 Å². The van der Waals surface area contributed by atoms with Crippen LogP contribution >= 0.6 is 11.8 Å². The smallest absolute Gasteiger partial charge is 0.316 e. The van der Waals surface area contributed by atoms with Gasteiger partial charge < -0.3 is 4.74 Å². The molecular weight excluding hydrogens is 284 g/mol. The molecule has 0 amide bonds. The third-order valence-corrected chi connectivity index (χ3v) is 4.19. The first-order valence-corrected chi connectivity index (χ1v) is 7.64. The Morgan fingerprint density at radius 2 is 2.19 bits per heavy atom. The Kier molecular flexibility index (Phi) is 4.81. The fourth-order valence-corrected chi connectivity index (χ4v) is 2.74. The van der Waals surface area contributed by atoms with E-state index >= 15 is 0 Å². The normalized spacial score (nSPS) is 10.4. The van der Waals surface area contributed by atoms with Gasteiger partial charge in [-0.15, -0.1) is 0 Å². The quantitative estimate of drug-likeness (QED) is 0.640. The van der Waals surface area contributed by atoms with Crippen LogP contribution in [0.15, 0.2) is 23.2 Å². The van der Waals surface area contributed by atoms with Crippen LogP contribution in [0.5, 0.6) is 0 Å². The molecule has 0 atom stereocenters.